The quantitative estimate of drug-likeness (QED) is 0.564. The fourth-order valence-electron chi connectivity index (χ4n) is 2.69. The molecule has 26 heavy (non-hydrogen) atoms. The Morgan fingerprint density at radius 1 is 1.12 bits per heavy atom. The number of H-pyrrole nitrogens is 1. The van der Waals surface area contributed by atoms with E-state index in [9.17, 15) is 0 Å². The largest absolute Gasteiger partial charge is 0.467 e. The average Bonchev–Trinajstić information content (AvgIpc) is 3.22. The molecular formula is C17H17N7O2. The van der Waals surface area contributed by atoms with Crippen molar-refractivity contribution in [2.45, 2.75) is 20.4 Å². The van der Waals surface area contributed by atoms with Crippen molar-refractivity contribution in [2.75, 3.05) is 12.4 Å². The lowest BCUT2D eigenvalue weighted by Gasteiger charge is -2.07. The van der Waals surface area contributed by atoms with E-state index in [1.165, 1.54) is 7.11 Å². The maximum Gasteiger partial charge on any atom is 0.321 e. The first-order valence-electron chi connectivity index (χ1n) is 8.05. The van der Waals surface area contributed by atoms with E-state index in [1.807, 2.05) is 38.1 Å². The number of para-hydroxylation sites is 2. The van der Waals surface area contributed by atoms with Gasteiger partial charge < -0.3 is 19.6 Å². The zero-order chi connectivity index (χ0) is 18.1. The van der Waals surface area contributed by atoms with Gasteiger partial charge in [-0.1, -0.05) is 17.3 Å². The summed E-state index contributed by atoms with van der Waals surface area (Å²) in [5, 5.41) is 7.09. The molecule has 0 unspecified atom stereocenters. The predicted molar refractivity (Wildman–Crippen MR) is 94.8 cm³/mol. The van der Waals surface area contributed by atoms with E-state index in [0.29, 0.717) is 29.8 Å². The topological polar surface area (TPSA) is 115 Å². The lowest BCUT2D eigenvalue weighted by atomic mass is 10.2. The average molecular weight is 351 g/mol. The number of hydrogen-bond donors (Lipinski definition) is 2. The molecule has 3 aromatic heterocycles. The van der Waals surface area contributed by atoms with Crippen molar-refractivity contribution in [3.8, 4) is 17.4 Å². The van der Waals surface area contributed by atoms with Gasteiger partial charge >= 0.3 is 6.01 Å². The number of nitrogens with one attached hydrogen (secondary N) is 2. The van der Waals surface area contributed by atoms with Crippen LogP contribution in [0.5, 0.6) is 6.01 Å². The first kappa shape index (κ1) is 16.0. The summed E-state index contributed by atoms with van der Waals surface area (Å²) in [5.74, 6) is 2.25. The number of rotatable bonds is 5. The van der Waals surface area contributed by atoms with E-state index in [1.54, 1.807) is 0 Å². The standard InChI is InChI=1S/C17H17N7O2/c1-9-14(10(2)26-24-9)15-21-16(23-17(22-15)25-3)18-8-13-19-11-6-4-5-7-12(11)20-13/h4-7H,8H2,1-3H3,(H,19,20)(H,18,21,22,23). The lowest BCUT2D eigenvalue weighted by molar-refractivity contribution is 0.379. The molecule has 0 saturated heterocycles. The third-order valence-electron chi connectivity index (χ3n) is 3.91. The highest BCUT2D eigenvalue weighted by Crippen LogP contribution is 2.25. The Hall–Kier alpha value is -3.49. The summed E-state index contributed by atoms with van der Waals surface area (Å²) in [4.78, 5) is 20.8. The van der Waals surface area contributed by atoms with Gasteiger partial charge in [0.1, 0.15) is 11.6 Å². The Morgan fingerprint density at radius 3 is 2.69 bits per heavy atom. The SMILES string of the molecule is COc1nc(NCc2nc3ccccc3[nH]2)nc(-c2c(C)noc2C)n1. The van der Waals surface area contributed by atoms with Gasteiger partial charge in [-0.25, -0.2) is 4.98 Å². The molecule has 3 heterocycles. The number of aromatic amines is 1. The molecule has 2 N–H and O–H groups in total. The van der Waals surface area contributed by atoms with Crippen LogP contribution in [0.4, 0.5) is 5.95 Å². The number of aryl methyl sites for hydroxylation is 2. The molecule has 0 aliphatic rings. The molecule has 4 aromatic rings. The van der Waals surface area contributed by atoms with Gasteiger partial charge in [-0.3, -0.25) is 0 Å². The smallest absolute Gasteiger partial charge is 0.321 e. The minimum atomic E-state index is 0.210. The van der Waals surface area contributed by atoms with Crippen molar-refractivity contribution in [3.63, 3.8) is 0 Å². The van der Waals surface area contributed by atoms with E-state index in [4.69, 9.17) is 9.26 Å². The van der Waals surface area contributed by atoms with E-state index in [-0.39, 0.29) is 6.01 Å². The van der Waals surface area contributed by atoms with Gasteiger partial charge in [0.05, 0.1) is 35.9 Å². The fraction of sp³-hybridized carbons (Fsp3) is 0.235. The van der Waals surface area contributed by atoms with Crippen molar-refractivity contribution in [1.82, 2.24) is 30.1 Å². The van der Waals surface area contributed by atoms with Crippen LogP contribution >= 0.6 is 0 Å². The van der Waals surface area contributed by atoms with E-state index >= 15 is 0 Å². The second-order valence-electron chi connectivity index (χ2n) is 5.72. The Balaban J connectivity index is 1.62. The molecule has 0 bridgehead atoms. The maximum absolute atomic E-state index is 5.20. The number of hydrogen-bond acceptors (Lipinski definition) is 8. The highest BCUT2D eigenvalue weighted by Gasteiger charge is 2.17. The van der Waals surface area contributed by atoms with E-state index < -0.39 is 0 Å². The lowest BCUT2D eigenvalue weighted by Crippen LogP contribution is -2.08. The number of methoxy groups -OCH3 is 1. The van der Waals surface area contributed by atoms with Gasteiger partial charge in [0.15, 0.2) is 5.82 Å². The molecule has 132 valence electrons. The van der Waals surface area contributed by atoms with Crippen LogP contribution in [0.2, 0.25) is 0 Å². The molecule has 0 spiro atoms. The van der Waals surface area contributed by atoms with Crippen molar-refractivity contribution < 1.29 is 9.26 Å². The van der Waals surface area contributed by atoms with Crippen LogP contribution in [0.25, 0.3) is 22.4 Å². The van der Waals surface area contributed by atoms with Gasteiger partial charge in [0.25, 0.3) is 0 Å². The Morgan fingerprint density at radius 2 is 1.96 bits per heavy atom. The molecular weight excluding hydrogens is 334 g/mol. The third-order valence-corrected chi connectivity index (χ3v) is 3.91. The van der Waals surface area contributed by atoms with Gasteiger partial charge in [0, 0.05) is 0 Å². The monoisotopic (exact) mass is 351 g/mol. The van der Waals surface area contributed by atoms with Crippen LogP contribution in [-0.2, 0) is 6.54 Å². The number of fused-ring (bicyclic) bond motifs is 1. The fourth-order valence-corrected chi connectivity index (χ4v) is 2.69. The predicted octanol–water partition coefficient (Wildman–Crippen LogP) is 2.64. The Kier molecular flexibility index (Phi) is 3.96. The Bertz CT molecular complexity index is 1020. The van der Waals surface area contributed by atoms with Gasteiger partial charge in [-0.05, 0) is 26.0 Å². The molecule has 0 atom stereocenters. The van der Waals surface area contributed by atoms with Gasteiger partial charge in [0.2, 0.25) is 5.95 Å². The van der Waals surface area contributed by atoms with Crippen molar-refractivity contribution in [2.24, 2.45) is 0 Å². The number of ether oxygens (including phenoxy) is 1. The number of benzene rings is 1. The van der Waals surface area contributed by atoms with Gasteiger partial charge in [-0.15, -0.1) is 0 Å². The van der Waals surface area contributed by atoms with Crippen LogP contribution in [0.3, 0.4) is 0 Å². The minimum Gasteiger partial charge on any atom is -0.467 e. The number of aromatic nitrogens is 6. The molecule has 9 heteroatoms. The summed E-state index contributed by atoms with van der Waals surface area (Å²) in [5.41, 5.74) is 3.33. The van der Waals surface area contributed by atoms with Crippen LogP contribution < -0.4 is 10.1 Å². The molecule has 9 nitrogen and oxygen atoms in total. The molecule has 0 fully saturated rings. The minimum absolute atomic E-state index is 0.210. The second kappa shape index (κ2) is 6.43. The first-order valence-corrected chi connectivity index (χ1v) is 8.05. The summed E-state index contributed by atoms with van der Waals surface area (Å²) in [6.45, 7) is 4.08. The van der Waals surface area contributed by atoms with E-state index in [0.717, 1.165) is 22.4 Å². The van der Waals surface area contributed by atoms with Gasteiger partial charge in [-0.2, -0.15) is 15.0 Å². The van der Waals surface area contributed by atoms with Crippen molar-refractivity contribution >= 4 is 17.0 Å². The van der Waals surface area contributed by atoms with Crippen LogP contribution in [-0.4, -0.2) is 37.2 Å². The van der Waals surface area contributed by atoms with Crippen LogP contribution in [0, 0.1) is 13.8 Å². The summed E-state index contributed by atoms with van der Waals surface area (Å²) in [6, 6.07) is 8.06. The summed E-state index contributed by atoms with van der Waals surface area (Å²) in [6.07, 6.45) is 0. The summed E-state index contributed by atoms with van der Waals surface area (Å²) < 4.78 is 10.4. The maximum atomic E-state index is 5.20. The van der Waals surface area contributed by atoms with Crippen LogP contribution in [0.15, 0.2) is 28.8 Å². The molecule has 1 aromatic carbocycles. The van der Waals surface area contributed by atoms with E-state index in [2.05, 4.69) is 35.4 Å². The summed E-state index contributed by atoms with van der Waals surface area (Å²) in [7, 11) is 1.51. The molecule has 0 saturated carbocycles. The number of nitrogens with zero attached hydrogens (tertiary/aromatic N) is 5. The normalized spacial score (nSPS) is 11.0. The molecule has 4 rings (SSSR count). The number of imidazole rings is 1. The van der Waals surface area contributed by atoms with Crippen molar-refractivity contribution in [3.05, 3.63) is 41.5 Å². The van der Waals surface area contributed by atoms with Crippen LogP contribution in [0.1, 0.15) is 17.3 Å². The van der Waals surface area contributed by atoms with Crippen molar-refractivity contribution in [1.29, 1.82) is 0 Å². The molecule has 0 amide bonds. The molecule has 0 radical (unpaired) electrons. The Labute approximate surface area is 148 Å². The number of anilines is 1. The third kappa shape index (κ3) is 2.94. The molecule has 0 aliphatic heterocycles. The second-order valence-corrected chi connectivity index (χ2v) is 5.72. The highest BCUT2D eigenvalue weighted by molar-refractivity contribution is 5.74. The first-order chi connectivity index (χ1) is 12.6. The summed E-state index contributed by atoms with van der Waals surface area (Å²) >= 11 is 0. The molecule has 0 aliphatic carbocycles. The zero-order valence-electron chi connectivity index (χ0n) is 14.6. The highest BCUT2D eigenvalue weighted by atomic mass is 16.5. The zero-order valence-corrected chi connectivity index (χ0v) is 14.6.